The second-order valence-corrected chi connectivity index (χ2v) is 8.73. The minimum absolute atomic E-state index is 0.0913. The maximum atomic E-state index is 13.4. The second kappa shape index (κ2) is 13.6. The lowest BCUT2D eigenvalue weighted by atomic mass is 10.1. The van der Waals surface area contributed by atoms with E-state index >= 15 is 0 Å². The third-order valence-corrected chi connectivity index (χ3v) is 5.59. The van der Waals surface area contributed by atoms with Crippen LogP contribution in [0.15, 0.2) is 72.8 Å². The predicted molar refractivity (Wildman–Crippen MR) is 134 cm³/mol. The Morgan fingerprint density at radius 3 is 2.29 bits per heavy atom. The number of benzene rings is 3. The summed E-state index contributed by atoms with van der Waals surface area (Å²) in [5.41, 5.74) is 1.06. The molecule has 0 saturated carbocycles. The molecule has 0 aromatic heterocycles. The summed E-state index contributed by atoms with van der Waals surface area (Å²) in [5, 5.41) is 9.83. The maximum absolute atomic E-state index is 13.4. The molecule has 0 aliphatic heterocycles. The molecule has 0 heterocycles. The van der Waals surface area contributed by atoms with Crippen LogP contribution >= 0.6 is 0 Å². The number of nitrogens with zero attached hydrogens (tertiary/aromatic N) is 1. The van der Waals surface area contributed by atoms with E-state index in [-0.39, 0.29) is 42.3 Å². The molecule has 0 amide bonds. The van der Waals surface area contributed by atoms with Gasteiger partial charge >= 0.3 is 24.7 Å². The number of para-hydroxylation sites is 2. The highest BCUT2D eigenvalue weighted by Crippen LogP contribution is 2.33. The van der Waals surface area contributed by atoms with Gasteiger partial charge in [0.1, 0.15) is 18.1 Å². The number of hydrogen-bond acceptors (Lipinski definition) is 6. The van der Waals surface area contributed by atoms with E-state index in [1.54, 1.807) is 31.2 Å². The number of rotatable bonds is 13. The van der Waals surface area contributed by atoms with Gasteiger partial charge in [0.2, 0.25) is 0 Å². The number of ether oxygens (including phenoxy) is 3. The normalized spacial score (nSPS) is 12.6. The van der Waals surface area contributed by atoms with Gasteiger partial charge in [-0.15, -0.1) is 0 Å². The van der Waals surface area contributed by atoms with Gasteiger partial charge in [-0.3, -0.25) is 0 Å². The van der Waals surface area contributed by atoms with Gasteiger partial charge in [0.25, 0.3) is 0 Å². The van der Waals surface area contributed by atoms with E-state index in [4.69, 9.17) is 9.47 Å². The van der Waals surface area contributed by atoms with E-state index in [9.17, 15) is 40.6 Å². The van der Waals surface area contributed by atoms with E-state index in [0.29, 0.717) is 5.56 Å². The fourth-order valence-electron chi connectivity index (χ4n) is 3.69. The van der Waals surface area contributed by atoms with Crippen molar-refractivity contribution in [3.05, 3.63) is 89.5 Å². The molecule has 1 unspecified atom stereocenters. The van der Waals surface area contributed by atoms with E-state index in [2.05, 4.69) is 4.74 Å². The monoisotopic (exact) mass is 589 g/mol. The van der Waals surface area contributed by atoms with Gasteiger partial charge in [-0.1, -0.05) is 36.4 Å². The molecule has 0 radical (unpaired) electrons. The largest absolute Gasteiger partial charge is 0.487 e. The fourth-order valence-corrected chi connectivity index (χ4v) is 3.69. The Morgan fingerprint density at radius 1 is 0.927 bits per heavy atom. The lowest BCUT2D eigenvalue weighted by Crippen LogP contribution is -2.41. The van der Waals surface area contributed by atoms with E-state index in [1.165, 1.54) is 36.4 Å². The third kappa shape index (κ3) is 9.00. The van der Waals surface area contributed by atoms with Crippen molar-refractivity contribution in [1.29, 1.82) is 0 Å². The van der Waals surface area contributed by atoms with E-state index in [1.807, 2.05) is 0 Å². The molecule has 3 rings (SSSR count). The zero-order valence-corrected chi connectivity index (χ0v) is 21.6. The average Bonchev–Trinajstić information content (AvgIpc) is 2.91. The number of anilines is 1. The molecule has 0 bridgehead atoms. The molecule has 0 spiro atoms. The quantitative estimate of drug-likeness (QED) is 0.179. The van der Waals surface area contributed by atoms with Gasteiger partial charge in [-0.25, -0.2) is 4.79 Å². The zero-order valence-electron chi connectivity index (χ0n) is 21.6. The number of carbonyl (C=O) groups excluding carboxylic acids is 1. The SMILES string of the molecule is CCOC(=O)c1cccc(COc2ccccc2N(Cc2cccc(OC(F)(F)C(F)F)c2)CC(O)C(F)(F)F)c1. The van der Waals surface area contributed by atoms with Crippen molar-refractivity contribution in [2.45, 2.75) is 44.9 Å². The number of esters is 1. The highest BCUT2D eigenvalue weighted by atomic mass is 19.4. The van der Waals surface area contributed by atoms with Crippen LogP contribution in [0, 0.1) is 0 Å². The van der Waals surface area contributed by atoms with E-state index in [0.717, 1.165) is 17.0 Å². The van der Waals surface area contributed by atoms with Gasteiger partial charge in [-0.2, -0.15) is 30.7 Å². The first-order chi connectivity index (χ1) is 19.3. The van der Waals surface area contributed by atoms with Crippen molar-refractivity contribution in [2.75, 3.05) is 18.1 Å². The van der Waals surface area contributed by atoms with Crippen molar-refractivity contribution >= 4 is 11.7 Å². The smallest absolute Gasteiger partial charge is 0.461 e. The molecule has 1 atom stereocenters. The summed E-state index contributed by atoms with van der Waals surface area (Å²) >= 11 is 0. The summed E-state index contributed by atoms with van der Waals surface area (Å²) in [6.45, 7) is 0.400. The lowest BCUT2D eigenvalue weighted by Gasteiger charge is -2.30. The van der Waals surface area contributed by atoms with Crippen LogP contribution in [0.2, 0.25) is 0 Å². The minimum atomic E-state index is -4.98. The lowest BCUT2D eigenvalue weighted by molar-refractivity contribution is -0.253. The van der Waals surface area contributed by atoms with Crippen LogP contribution in [0.4, 0.5) is 36.4 Å². The molecule has 3 aromatic carbocycles. The summed E-state index contributed by atoms with van der Waals surface area (Å²) in [6.07, 6.45) is -16.7. The summed E-state index contributed by atoms with van der Waals surface area (Å²) in [6, 6.07) is 16.9. The summed E-state index contributed by atoms with van der Waals surface area (Å²) < 4.78 is 107. The van der Waals surface area contributed by atoms with Crippen molar-refractivity contribution < 1.29 is 54.8 Å². The number of halogens is 7. The number of aliphatic hydroxyl groups is 1. The number of alkyl halides is 7. The van der Waals surface area contributed by atoms with Gasteiger partial charge in [0, 0.05) is 6.54 Å². The first-order valence-electron chi connectivity index (χ1n) is 12.2. The standard InChI is InChI=1S/C28H26F7NO5/c1-2-39-25(38)20-9-5-8-19(13-20)17-40-23-12-4-3-11-22(23)36(16-24(37)27(31,32)33)15-18-7-6-10-21(14-18)41-28(34,35)26(29)30/h3-14,24,26,37H,2,15-17H2,1H3. The Hall–Kier alpha value is -4.00. The number of aliphatic hydroxyl groups excluding tert-OH is 1. The van der Waals surface area contributed by atoms with Crippen LogP contribution in [0.25, 0.3) is 0 Å². The molecular weight excluding hydrogens is 563 g/mol. The van der Waals surface area contributed by atoms with Crippen molar-refractivity contribution in [3.8, 4) is 11.5 Å². The Labute approximate surface area is 230 Å². The summed E-state index contributed by atoms with van der Waals surface area (Å²) in [5.74, 6) is -1.06. The molecule has 222 valence electrons. The molecule has 0 saturated heterocycles. The predicted octanol–water partition coefficient (Wildman–Crippen LogP) is 6.61. The first kappa shape index (κ1) is 31.5. The molecule has 6 nitrogen and oxygen atoms in total. The Balaban J connectivity index is 1.89. The average molecular weight is 590 g/mol. The van der Waals surface area contributed by atoms with Crippen LogP contribution < -0.4 is 14.4 Å². The molecule has 13 heteroatoms. The minimum Gasteiger partial charge on any atom is -0.487 e. The van der Waals surface area contributed by atoms with Gasteiger partial charge in [-0.05, 0) is 54.4 Å². The van der Waals surface area contributed by atoms with Crippen molar-refractivity contribution in [3.63, 3.8) is 0 Å². The molecule has 1 N–H and O–H groups in total. The molecule has 41 heavy (non-hydrogen) atoms. The molecule has 0 aliphatic carbocycles. The van der Waals surface area contributed by atoms with Crippen LogP contribution in [0.5, 0.6) is 11.5 Å². The highest BCUT2D eigenvalue weighted by molar-refractivity contribution is 5.89. The topological polar surface area (TPSA) is 68.2 Å². The molecule has 0 aliphatic rings. The maximum Gasteiger partial charge on any atom is 0.461 e. The summed E-state index contributed by atoms with van der Waals surface area (Å²) in [4.78, 5) is 13.1. The van der Waals surface area contributed by atoms with Crippen LogP contribution in [-0.4, -0.2) is 49.0 Å². The number of carbonyl (C=O) groups is 1. The van der Waals surface area contributed by atoms with E-state index < -0.39 is 43.1 Å². The Morgan fingerprint density at radius 2 is 1.61 bits per heavy atom. The Kier molecular flexibility index (Phi) is 10.4. The van der Waals surface area contributed by atoms with Crippen LogP contribution in [0.1, 0.15) is 28.4 Å². The first-order valence-corrected chi connectivity index (χ1v) is 12.2. The third-order valence-electron chi connectivity index (χ3n) is 5.59. The molecule has 0 fully saturated rings. The highest BCUT2D eigenvalue weighted by Gasteiger charge is 2.44. The van der Waals surface area contributed by atoms with Crippen molar-refractivity contribution in [1.82, 2.24) is 0 Å². The number of hydrogen-bond donors (Lipinski definition) is 1. The molecular formula is C28H26F7NO5. The fraction of sp³-hybridized carbons (Fsp3) is 0.321. The zero-order chi connectivity index (χ0) is 30.2. The second-order valence-electron chi connectivity index (χ2n) is 8.73. The Bertz CT molecular complexity index is 1300. The van der Waals surface area contributed by atoms with Crippen LogP contribution in [0.3, 0.4) is 0 Å². The van der Waals surface area contributed by atoms with Gasteiger partial charge in [0.05, 0.1) is 24.4 Å². The summed E-state index contributed by atoms with van der Waals surface area (Å²) in [7, 11) is 0. The van der Waals surface area contributed by atoms with Crippen LogP contribution in [-0.2, 0) is 17.9 Å². The molecule has 3 aromatic rings. The van der Waals surface area contributed by atoms with Gasteiger partial charge < -0.3 is 24.2 Å². The van der Waals surface area contributed by atoms with Crippen molar-refractivity contribution in [2.24, 2.45) is 0 Å². The van der Waals surface area contributed by atoms with Gasteiger partial charge in [0.15, 0.2) is 6.10 Å².